The second-order valence-electron chi connectivity index (χ2n) is 7.36. The molecule has 1 N–H and O–H groups in total. The maximum Gasteiger partial charge on any atom is 0.338 e. The van der Waals surface area contributed by atoms with Crippen molar-refractivity contribution in [2.45, 2.75) is 32.8 Å². The molecule has 168 valence electrons. The Kier molecular flexibility index (Phi) is 6.89. The highest BCUT2D eigenvalue weighted by atomic mass is 32.1. The van der Waals surface area contributed by atoms with E-state index < -0.39 is 5.97 Å². The number of esters is 1. The summed E-state index contributed by atoms with van der Waals surface area (Å²) >= 11 is 1.36. The van der Waals surface area contributed by atoms with Gasteiger partial charge in [0.1, 0.15) is 11.6 Å². The lowest BCUT2D eigenvalue weighted by Gasteiger charge is -2.08. The number of hydrogen-bond donors (Lipinski definition) is 1. The third kappa shape index (κ3) is 5.50. The molecule has 4 aromatic rings. The normalized spacial score (nSPS) is 10.8. The average molecular weight is 463 g/mol. The van der Waals surface area contributed by atoms with E-state index in [1.165, 1.54) is 28.0 Å². The number of carbonyl (C=O) groups excluding carboxylic acids is 2. The van der Waals surface area contributed by atoms with Gasteiger partial charge in [-0.2, -0.15) is 9.61 Å². The number of fused-ring (bicyclic) bond motifs is 1. The van der Waals surface area contributed by atoms with Gasteiger partial charge in [-0.05, 0) is 36.8 Å². The van der Waals surface area contributed by atoms with Crippen LogP contribution in [-0.4, -0.2) is 26.5 Å². The van der Waals surface area contributed by atoms with E-state index in [0.29, 0.717) is 21.9 Å². The lowest BCUT2D eigenvalue weighted by molar-refractivity contribution is 0.0467. The monoisotopic (exact) mass is 462 g/mol. The van der Waals surface area contributed by atoms with Crippen LogP contribution >= 0.6 is 11.3 Å². The van der Waals surface area contributed by atoms with E-state index in [2.05, 4.69) is 22.3 Å². The van der Waals surface area contributed by atoms with E-state index in [1.54, 1.807) is 42.5 Å². The van der Waals surface area contributed by atoms with Crippen molar-refractivity contribution in [3.8, 4) is 0 Å². The topological polar surface area (TPSA) is 103 Å². The van der Waals surface area contributed by atoms with E-state index >= 15 is 0 Å². The first kappa shape index (κ1) is 22.3. The van der Waals surface area contributed by atoms with Gasteiger partial charge in [-0.25, -0.2) is 9.78 Å². The average Bonchev–Trinajstić information content (AvgIpc) is 3.25. The zero-order valence-electron chi connectivity index (χ0n) is 18.0. The molecule has 0 radical (unpaired) electrons. The van der Waals surface area contributed by atoms with E-state index in [4.69, 9.17) is 4.74 Å². The second kappa shape index (κ2) is 10.2. The van der Waals surface area contributed by atoms with Gasteiger partial charge in [0, 0.05) is 23.7 Å². The van der Waals surface area contributed by atoms with Crippen molar-refractivity contribution in [1.82, 2.24) is 14.6 Å². The number of benzene rings is 2. The highest BCUT2D eigenvalue weighted by Crippen LogP contribution is 2.16. The molecule has 0 spiro atoms. The first-order valence-electron chi connectivity index (χ1n) is 10.6. The molecule has 8 nitrogen and oxygen atoms in total. The third-order valence-electron chi connectivity index (χ3n) is 4.83. The van der Waals surface area contributed by atoms with Crippen LogP contribution in [0.3, 0.4) is 0 Å². The minimum atomic E-state index is -0.583. The summed E-state index contributed by atoms with van der Waals surface area (Å²) in [5, 5.41) is 7.92. The number of nitrogens with one attached hydrogen (secondary N) is 1. The fraction of sp³-hybridized carbons (Fsp3) is 0.208. The number of rotatable bonds is 8. The van der Waals surface area contributed by atoms with Gasteiger partial charge in [0.2, 0.25) is 4.96 Å². The van der Waals surface area contributed by atoms with Crippen molar-refractivity contribution in [2.75, 3.05) is 5.32 Å². The Morgan fingerprint density at radius 1 is 1.06 bits per heavy atom. The van der Waals surface area contributed by atoms with E-state index in [-0.39, 0.29) is 23.6 Å². The van der Waals surface area contributed by atoms with Gasteiger partial charge >= 0.3 is 5.97 Å². The van der Waals surface area contributed by atoms with Crippen molar-refractivity contribution in [2.24, 2.45) is 0 Å². The van der Waals surface area contributed by atoms with Crippen LogP contribution in [0.4, 0.5) is 5.69 Å². The molecule has 1 amide bonds. The van der Waals surface area contributed by atoms with Crippen LogP contribution in [0.5, 0.6) is 0 Å². The third-order valence-corrected chi connectivity index (χ3v) is 5.80. The van der Waals surface area contributed by atoms with Gasteiger partial charge in [0.05, 0.1) is 11.3 Å². The van der Waals surface area contributed by atoms with Crippen LogP contribution in [0.1, 0.15) is 51.2 Å². The summed E-state index contributed by atoms with van der Waals surface area (Å²) in [5.41, 5.74) is 1.31. The number of carbonyl (C=O) groups is 2. The molecule has 2 heterocycles. The molecule has 0 saturated heterocycles. The number of aromatic nitrogens is 3. The summed E-state index contributed by atoms with van der Waals surface area (Å²) in [6.45, 7) is 1.95. The van der Waals surface area contributed by atoms with Gasteiger partial charge in [0.25, 0.3) is 11.5 Å². The minimum Gasteiger partial charge on any atom is -0.456 e. The number of unbranched alkanes of at least 4 members (excludes halogenated alkanes) is 1. The summed E-state index contributed by atoms with van der Waals surface area (Å²) < 4.78 is 6.63. The van der Waals surface area contributed by atoms with Crippen LogP contribution in [-0.2, 0) is 17.8 Å². The Morgan fingerprint density at radius 3 is 2.64 bits per heavy atom. The molecular weight excluding hydrogens is 440 g/mol. The Morgan fingerprint density at radius 2 is 1.85 bits per heavy atom. The summed E-state index contributed by atoms with van der Waals surface area (Å²) in [4.78, 5) is 42.1. The van der Waals surface area contributed by atoms with Crippen LogP contribution < -0.4 is 10.9 Å². The van der Waals surface area contributed by atoms with Gasteiger partial charge in [-0.3, -0.25) is 9.59 Å². The van der Waals surface area contributed by atoms with E-state index in [0.717, 1.165) is 24.3 Å². The van der Waals surface area contributed by atoms with Crippen molar-refractivity contribution in [1.29, 1.82) is 0 Å². The SMILES string of the molecule is CCCCc1nn2c(=O)cc(COC(=O)c3cccc(NC(=O)c4ccccc4)c3)nc2s1. The molecule has 0 aliphatic carbocycles. The Bertz CT molecular complexity index is 1350. The number of hydrogen-bond acceptors (Lipinski definition) is 7. The van der Waals surface area contributed by atoms with Crippen molar-refractivity contribution in [3.63, 3.8) is 0 Å². The van der Waals surface area contributed by atoms with Crippen molar-refractivity contribution < 1.29 is 14.3 Å². The largest absolute Gasteiger partial charge is 0.456 e. The standard InChI is InChI=1S/C24H22N4O4S/c1-2-3-12-20-27-28-21(29)14-19(26-24(28)33-20)15-32-23(31)17-10-7-11-18(13-17)25-22(30)16-8-5-4-6-9-16/h4-11,13-14H,2-3,12,15H2,1H3,(H,25,30). The van der Waals surface area contributed by atoms with Crippen LogP contribution in [0.2, 0.25) is 0 Å². The predicted octanol–water partition coefficient (Wildman–Crippen LogP) is 4.10. The molecule has 0 bridgehead atoms. The highest BCUT2D eigenvalue weighted by Gasteiger charge is 2.13. The molecule has 0 saturated carbocycles. The zero-order chi connectivity index (χ0) is 23.2. The minimum absolute atomic E-state index is 0.145. The maximum atomic E-state index is 12.5. The van der Waals surface area contributed by atoms with Crippen LogP contribution in [0.15, 0.2) is 65.5 Å². The molecule has 9 heteroatoms. The van der Waals surface area contributed by atoms with E-state index in [1.807, 2.05) is 6.07 Å². The quantitative estimate of drug-likeness (QED) is 0.396. The number of nitrogens with zero attached hydrogens (tertiary/aromatic N) is 3. The molecule has 2 aromatic carbocycles. The molecule has 4 rings (SSSR count). The van der Waals surface area contributed by atoms with Crippen LogP contribution in [0, 0.1) is 0 Å². The first-order chi connectivity index (χ1) is 16.0. The molecule has 33 heavy (non-hydrogen) atoms. The highest BCUT2D eigenvalue weighted by molar-refractivity contribution is 7.16. The molecule has 0 atom stereocenters. The van der Waals surface area contributed by atoms with Gasteiger partial charge in [-0.1, -0.05) is 48.9 Å². The Labute approximate surface area is 193 Å². The molecule has 0 aliphatic rings. The summed E-state index contributed by atoms with van der Waals surface area (Å²) in [5.74, 6) is -0.859. The van der Waals surface area contributed by atoms with Gasteiger partial charge < -0.3 is 10.1 Å². The summed E-state index contributed by atoms with van der Waals surface area (Å²) in [6, 6.07) is 16.6. The second-order valence-corrected chi connectivity index (χ2v) is 8.40. The van der Waals surface area contributed by atoms with Crippen molar-refractivity contribution in [3.05, 3.63) is 92.8 Å². The van der Waals surface area contributed by atoms with E-state index in [9.17, 15) is 14.4 Å². The van der Waals surface area contributed by atoms with Crippen molar-refractivity contribution >= 4 is 33.9 Å². The van der Waals surface area contributed by atoms with Gasteiger partial charge in [0.15, 0.2) is 0 Å². The molecule has 0 fully saturated rings. The smallest absolute Gasteiger partial charge is 0.338 e. The summed E-state index contributed by atoms with van der Waals surface area (Å²) in [6.07, 6.45) is 2.83. The van der Waals surface area contributed by atoms with Gasteiger partial charge in [-0.15, -0.1) is 0 Å². The number of amides is 1. The maximum absolute atomic E-state index is 12.5. The summed E-state index contributed by atoms with van der Waals surface area (Å²) in [7, 11) is 0. The molecule has 0 aliphatic heterocycles. The fourth-order valence-corrected chi connectivity index (χ4v) is 4.10. The Hall–Kier alpha value is -3.85. The number of ether oxygens (including phenoxy) is 1. The predicted molar refractivity (Wildman–Crippen MR) is 126 cm³/mol. The zero-order valence-corrected chi connectivity index (χ0v) is 18.8. The first-order valence-corrected chi connectivity index (χ1v) is 11.4. The molecule has 0 unspecified atom stereocenters. The number of aryl methyl sites for hydroxylation is 1. The number of anilines is 1. The fourth-order valence-electron chi connectivity index (χ4n) is 3.14. The lowest BCUT2D eigenvalue weighted by Crippen LogP contribution is -2.17. The van der Waals surface area contributed by atoms with Crippen LogP contribution in [0.25, 0.3) is 4.96 Å². The Balaban J connectivity index is 1.42. The molecular formula is C24H22N4O4S. The molecule has 2 aromatic heterocycles. The lowest BCUT2D eigenvalue weighted by atomic mass is 10.1.